The first-order chi connectivity index (χ1) is 10.2. The van der Waals surface area contributed by atoms with Gasteiger partial charge in [-0.2, -0.15) is 0 Å². The number of anilines is 1. The summed E-state index contributed by atoms with van der Waals surface area (Å²) in [5.74, 6) is 0. The number of methoxy groups -OCH3 is 1. The van der Waals surface area contributed by atoms with Crippen LogP contribution in [0.5, 0.6) is 0 Å². The molecule has 21 heavy (non-hydrogen) atoms. The standard InChI is InChI=1S/C14H18N4O3/c1-21-10-9-15-7-8-16-12-4-5-13(18(19)20)14-11(12)3-2-6-17-14/h2-6,15-16H,7-10H2,1H3. The fraction of sp³-hybridized carbons (Fsp3) is 0.357. The third-order valence-corrected chi connectivity index (χ3v) is 3.05. The van der Waals surface area contributed by atoms with Crippen LogP contribution in [0, 0.1) is 10.1 Å². The van der Waals surface area contributed by atoms with Gasteiger partial charge in [-0.1, -0.05) is 0 Å². The van der Waals surface area contributed by atoms with E-state index in [-0.39, 0.29) is 5.69 Å². The summed E-state index contributed by atoms with van der Waals surface area (Å²) in [5.41, 5.74) is 1.27. The smallest absolute Gasteiger partial charge is 0.295 e. The van der Waals surface area contributed by atoms with Crippen molar-refractivity contribution < 1.29 is 9.66 Å². The van der Waals surface area contributed by atoms with E-state index in [9.17, 15) is 10.1 Å². The summed E-state index contributed by atoms with van der Waals surface area (Å²) in [5, 5.41) is 18.3. The van der Waals surface area contributed by atoms with Gasteiger partial charge in [-0.15, -0.1) is 0 Å². The summed E-state index contributed by atoms with van der Waals surface area (Å²) < 4.78 is 4.94. The second-order valence-corrected chi connectivity index (χ2v) is 4.46. The number of fused-ring (bicyclic) bond motifs is 1. The number of rotatable bonds is 8. The van der Waals surface area contributed by atoms with Gasteiger partial charge < -0.3 is 15.4 Å². The number of nitrogens with zero attached hydrogens (tertiary/aromatic N) is 2. The van der Waals surface area contributed by atoms with E-state index in [0.29, 0.717) is 18.7 Å². The van der Waals surface area contributed by atoms with Crippen molar-refractivity contribution in [3.8, 4) is 0 Å². The number of nitrogens with one attached hydrogen (secondary N) is 2. The lowest BCUT2D eigenvalue weighted by atomic mass is 10.1. The molecule has 0 fully saturated rings. The van der Waals surface area contributed by atoms with Crippen LogP contribution in [0.25, 0.3) is 10.9 Å². The number of pyridine rings is 1. The molecule has 0 spiro atoms. The topological polar surface area (TPSA) is 89.3 Å². The Morgan fingerprint density at radius 2 is 2.14 bits per heavy atom. The first-order valence-electron chi connectivity index (χ1n) is 6.69. The number of hydrogen-bond acceptors (Lipinski definition) is 6. The summed E-state index contributed by atoms with van der Waals surface area (Å²) in [4.78, 5) is 14.7. The fourth-order valence-electron chi connectivity index (χ4n) is 2.04. The monoisotopic (exact) mass is 290 g/mol. The summed E-state index contributed by atoms with van der Waals surface area (Å²) >= 11 is 0. The van der Waals surface area contributed by atoms with E-state index < -0.39 is 4.92 Å². The molecule has 0 unspecified atom stereocenters. The molecule has 0 aliphatic rings. The molecule has 2 N–H and O–H groups in total. The normalized spacial score (nSPS) is 10.7. The number of nitro benzene ring substituents is 1. The minimum absolute atomic E-state index is 0.0226. The predicted molar refractivity (Wildman–Crippen MR) is 81.6 cm³/mol. The van der Waals surface area contributed by atoms with Gasteiger partial charge in [-0.25, -0.2) is 4.98 Å². The first-order valence-corrected chi connectivity index (χ1v) is 6.69. The Hall–Kier alpha value is -2.25. The third kappa shape index (κ3) is 3.87. The summed E-state index contributed by atoms with van der Waals surface area (Å²) in [6.45, 7) is 2.96. The number of benzene rings is 1. The van der Waals surface area contributed by atoms with E-state index in [2.05, 4.69) is 15.6 Å². The van der Waals surface area contributed by atoms with E-state index in [1.165, 1.54) is 6.07 Å². The van der Waals surface area contributed by atoms with Crippen molar-refractivity contribution in [2.24, 2.45) is 0 Å². The highest BCUT2D eigenvalue weighted by molar-refractivity contribution is 5.96. The second-order valence-electron chi connectivity index (χ2n) is 4.46. The maximum Gasteiger partial charge on any atom is 0.295 e. The molecule has 2 rings (SSSR count). The molecule has 0 radical (unpaired) electrons. The molecule has 2 aromatic rings. The van der Waals surface area contributed by atoms with Gasteiger partial charge in [0, 0.05) is 50.1 Å². The average molecular weight is 290 g/mol. The van der Waals surface area contributed by atoms with Crippen molar-refractivity contribution >= 4 is 22.3 Å². The molecular weight excluding hydrogens is 272 g/mol. The third-order valence-electron chi connectivity index (χ3n) is 3.05. The Labute approximate surface area is 122 Å². The molecule has 1 aromatic carbocycles. The van der Waals surface area contributed by atoms with Gasteiger partial charge in [0.2, 0.25) is 0 Å². The highest BCUT2D eigenvalue weighted by Gasteiger charge is 2.14. The molecular formula is C14H18N4O3. The zero-order chi connectivity index (χ0) is 15.1. The fourth-order valence-corrected chi connectivity index (χ4v) is 2.04. The van der Waals surface area contributed by atoms with Crippen LogP contribution < -0.4 is 10.6 Å². The van der Waals surface area contributed by atoms with Crippen LogP contribution in [0.15, 0.2) is 30.5 Å². The van der Waals surface area contributed by atoms with Gasteiger partial charge >= 0.3 is 0 Å². The Balaban J connectivity index is 2.07. The number of aromatic nitrogens is 1. The van der Waals surface area contributed by atoms with Crippen molar-refractivity contribution in [3.05, 3.63) is 40.6 Å². The Kier molecular flexibility index (Phi) is 5.42. The Morgan fingerprint density at radius 1 is 1.29 bits per heavy atom. The van der Waals surface area contributed by atoms with Crippen LogP contribution in [-0.2, 0) is 4.74 Å². The molecule has 7 heteroatoms. The summed E-state index contributed by atoms with van der Waals surface area (Å²) in [6, 6.07) is 6.80. The van der Waals surface area contributed by atoms with Gasteiger partial charge in [-0.3, -0.25) is 10.1 Å². The quantitative estimate of drug-likeness (QED) is 0.438. The molecule has 7 nitrogen and oxygen atoms in total. The second kappa shape index (κ2) is 7.51. The van der Waals surface area contributed by atoms with E-state index in [1.807, 2.05) is 6.07 Å². The van der Waals surface area contributed by atoms with Crippen molar-refractivity contribution in [1.82, 2.24) is 10.3 Å². The maximum absolute atomic E-state index is 11.0. The Morgan fingerprint density at radius 3 is 2.90 bits per heavy atom. The molecule has 112 valence electrons. The predicted octanol–water partition coefficient (Wildman–Crippen LogP) is 1.79. The van der Waals surface area contributed by atoms with Crippen LogP contribution in [0.4, 0.5) is 11.4 Å². The minimum Gasteiger partial charge on any atom is -0.383 e. The zero-order valence-electron chi connectivity index (χ0n) is 11.8. The van der Waals surface area contributed by atoms with Crippen LogP contribution in [-0.4, -0.2) is 43.3 Å². The highest BCUT2D eigenvalue weighted by Crippen LogP contribution is 2.29. The van der Waals surface area contributed by atoms with Gasteiger partial charge in [0.05, 0.1) is 11.5 Å². The van der Waals surface area contributed by atoms with Crippen LogP contribution in [0.3, 0.4) is 0 Å². The number of nitro groups is 1. The van der Waals surface area contributed by atoms with E-state index >= 15 is 0 Å². The van der Waals surface area contributed by atoms with E-state index in [4.69, 9.17) is 4.74 Å². The van der Waals surface area contributed by atoms with Gasteiger partial charge in [0.1, 0.15) is 5.52 Å². The molecule has 0 saturated carbocycles. The highest BCUT2D eigenvalue weighted by atomic mass is 16.6. The molecule has 1 heterocycles. The lowest BCUT2D eigenvalue weighted by Crippen LogP contribution is -2.25. The van der Waals surface area contributed by atoms with Crippen LogP contribution in [0.1, 0.15) is 0 Å². The SMILES string of the molecule is COCCNCCNc1ccc([N+](=O)[O-])c2ncccc12. The van der Waals surface area contributed by atoms with E-state index in [1.54, 1.807) is 25.4 Å². The molecule has 0 saturated heterocycles. The van der Waals surface area contributed by atoms with Crippen molar-refractivity contribution in [2.75, 3.05) is 38.7 Å². The summed E-state index contributed by atoms with van der Waals surface area (Å²) in [7, 11) is 1.66. The van der Waals surface area contributed by atoms with Crippen molar-refractivity contribution in [1.29, 1.82) is 0 Å². The maximum atomic E-state index is 11.0. The molecule has 0 aliphatic carbocycles. The molecule has 0 amide bonds. The largest absolute Gasteiger partial charge is 0.383 e. The molecule has 1 aromatic heterocycles. The van der Waals surface area contributed by atoms with Crippen LogP contribution in [0.2, 0.25) is 0 Å². The van der Waals surface area contributed by atoms with Crippen molar-refractivity contribution in [3.63, 3.8) is 0 Å². The number of hydrogen-bond donors (Lipinski definition) is 2. The average Bonchev–Trinajstić information content (AvgIpc) is 2.50. The van der Waals surface area contributed by atoms with E-state index in [0.717, 1.165) is 24.2 Å². The number of non-ortho nitro benzene ring substituents is 1. The van der Waals surface area contributed by atoms with Gasteiger partial charge in [0.15, 0.2) is 0 Å². The molecule has 0 bridgehead atoms. The molecule has 0 atom stereocenters. The first kappa shape index (κ1) is 15.1. The van der Waals surface area contributed by atoms with Crippen LogP contribution >= 0.6 is 0 Å². The lowest BCUT2D eigenvalue weighted by Gasteiger charge is -2.10. The number of ether oxygens (including phenoxy) is 1. The Bertz CT molecular complexity index is 618. The minimum atomic E-state index is -0.411. The van der Waals surface area contributed by atoms with Gasteiger partial charge in [0.25, 0.3) is 5.69 Å². The van der Waals surface area contributed by atoms with Gasteiger partial charge in [-0.05, 0) is 18.2 Å². The van der Waals surface area contributed by atoms with Crippen molar-refractivity contribution in [2.45, 2.75) is 0 Å². The summed E-state index contributed by atoms with van der Waals surface area (Å²) in [6.07, 6.45) is 1.56. The lowest BCUT2D eigenvalue weighted by molar-refractivity contribution is -0.383. The zero-order valence-corrected chi connectivity index (χ0v) is 11.8. The molecule has 0 aliphatic heterocycles.